The average Bonchev–Trinajstić information content (AvgIpc) is 3.39. The van der Waals surface area contributed by atoms with Gasteiger partial charge in [-0.3, -0.25) is 0 Å². The summed E-state index contributed by atoms with van der Waals surface area (Å²) >= 11 is 20.5. The van der Waals surface area contributed by atoms with Gasteiger partial charge in [-0.2, -0.15) is 5.10 Å². The molecule has 0 aliphatic heterocycles. The SMILES string of the molecule is CCCCC(C)(C)c1nnc(-c2nn(-c3ccc(Cl)cc3Cl)c(-c3ccc(Cl)cc3)c2C)s1. The Hall–Kier alpha value is -1.92. The molecule has 0 bridgehead atoms. The van der Waals surface area contributed by atoms with E-state index in [1.165, 1.54) is 0 Å². The maximum Gasteiger partial charge on any atom is 0.168 e. The van der Waals surface area contributed by atoms with Gasteiger partial charge in [0.1, 0.15) is 10.7 Å². The van der Waals surface area contributed by atoms with Crippen LogP contribution in [0.4, 0.5) is 0 Å². The van der Waals surface area contributed by atoms with Crippen molar-refractivity contribution in [3.8, 4) is 27.6 Å². The van der Waals surface area contributed by atoms with Crippen LogP contribution in [0.1, 0.15) is 50.6 Å². The van der Waals surface area contributed by atoms with E-state index in [-0.39, 0.29) is 5.41 Å². The van der Waals surface area contributed by atoms with Crippen LogP contribution in [-0.4, -0.2) is 20.0 Å². The van der Waals surface area contributed by atoms with Gasteiger partial charge in [0.05, 0.1) is 16.4 Å². The molecule has 2 heterocycles. The van der Waals surface area contributed by atoms with E-state index in [1.54, 1.807) is 17.4 Å². The fraction of sp³-hybridized carbons (Fsp3) is 0.320. The molecule has 0 aliphatic carbocycles. The highest BCUT2D eigenvalue weighted by atomic mass is 35.5. The summed E-state index contributed by atoms with van der Waals surface area (Å²) < 4.78 is 1.86. The number of aromatic nitrogens is 4. The molecule has 0 unspecified atom stereocenters. The van der Waals surface area contributed by atoms with Crippen molar-refractivity contribution in [1.29, 1.82) is 0 Å². The third-order valence-electron chi connectivity index (χ3n) is 5.74. The summed E-state index contributed by atoms with van der Waals surface area (Å²) in [5.41, 5.74) is 4.41. The van der Waals surface area contributed by atoms with Gasteiger partial charge in [-0.25, -0.2) is 4.68 Å². The van der Waals surface area contributed by atoms with E-state index >= 15 is 0 Å². The minimum Gasteiger partial charge on any atom is -0.231 e. The molecule has 0 N–H and O–H groups in total. The van der Waals surface area contributed by atoms with Crippen LogP contribution >= 0.6 is 46.1 Å². The lowest BCUT2D eigenvalue weighted by atomic mass is 9.88. The first-order valence-electron chi connectivity index (χ1n) is 10.9. The van der Waals surface area contributed by atoms with Gasteiger partial charge in [0.25, 0.3) is 0 Å². The van der Waals surface area contributed by atoms with Crippen LogP contribution in [0.2, 0.25) is 15.1 Å². The highest BCUT2D eigenvalue weighted by Crippen LogP contribution is 2.39. The van der Waals surface area contributed by atoms with Crippen molar-refractivity contribution in [2.24, 2.45) is 0 Å². The van der Waals surface area contributed by atoms with E-state index in [0.717, 1.165) is 57.5 Å². The third-order valence-corrected chi connectivity index (χ3v) is 7.83. The summed E-state index contributed by atoms with van der Waals surface area (Å²) in [5, 5.41) is 17.6. The third kappa shape index (κ3) is 4.97. The van der Waals surface area contributed by atoms with Gasteiger partial charge in [-0.1, -0.05) is 91.9 Å². The molecule has 0 radical (unpaired) electrons. The fourth-order valence-electron chi connectivity index (χ4n) is 3.79. The normalized spacial score (nSPS) is 11.8. The Morgan fingerprint density at radius 1 is 0.970 bits per heavy atom. The Kier molecular flexibility index (Phi) is 7.15. The molecule has 0 saturated heterocycles. The second kappa shape index (κ2) is 9.75. The first kappa shape index (κ1) is 24.2. The molecule has 172 valence electrons. The predicted octanol–water partition coefficient (Wildman–Crippen LogP) is 8.79. The van der Waals surface area contributed by atoms with Crippen LogP contribution in [0, 0.1) is 6.92 Å². The van der Waals surface area contributed by atoms with Crippen LogP contribution < -0.4 is 0 Å². The lowest BCUT2D eigenvalue weighted by Crippen LogP contribution is -2.16. The number of benzene rings is 2. The first-order chi connectivity index (χ1) is 15.7. The van der Waals surface area contributed by atoms with E-state index < -0.39 is 0 Å². The van der Waals surface area contributed by atoms with Crippen molar-refractivity contribution < 1.29 is 0 Å². The zero-order chi connectivity index (χ0) is 23.8. The molecule has 2 aromatic carbocycles. The van der Waals surface area contributed by atoms with Crippen LogP contribution in [0.5, 0.6) is 0 Å². The maximum absolute atomic E-state index is 6.58. The molecule has 33 heavy (non-hydrogen) atoms. The van der Waals surface area contributed by atoms with Crippen LogP contribution in [0.3, 0.4) is 0 Å². The number of hydrogen-bond donors (Lipinski definition) is 0. The molecule has 8 heteroatoms. The summed E-state index contributed by atoms with van der Waals surface area (Å²) in [4.78, 5) is 0. The van der Waals surface area contributed by atoms with Gasteiger partial charge < -0.3 is 0 Å². The molecule has 0 aliphatic rings. The molecule has 0 spiro atoms. The molecule has 4 nitrogen and oxygen atoms in total. The van der Waals surface area contributed by atoms with E-state index in [2.05, 4.69) is 37.9 Å². The number of rotatable bonds is 7. The Labute approximate surface area is 213 Å². The molecule has 0 amide bonds. The Bertz CT molecular complexity index is 1280. The van der Waals surface area contributed by atoms with Crippen molar-refractivity contribution in [2.45, 2.75) is 52.4 Å². The lowest BCUT2D eigenvalue weighted by Gasteiger charge is -2.20. The summed E-state index contributed by atoms with van der Waals surface area (Å²) in [7, 11) is 0. The summed E-state index contributed by atoms with van der Waals surface area (Å²) in [6.45, 7) is 8.71. The average molecular weight is 520 g/mol. The van der Waals surface area contributed by atoms with Crippen molar-refractivity contribution in [2.75, 3.05) is 0 Å². The van der Waals surface area contributed by atoms with Gasteiger partial charge in [0.2, 0.25) is 0 Å². The first-order valence-corrected chi connectivity index (χ1v) is 12.8. The van der Waals surface area contributed by atoms with Gasteiger partial charge >= 0.3 is 0 Å². The van der Waals surface area contributed by atoms with E-state index in [4.69, 9.17) is 39.9 Å². The minimum absolute atomic E-state index is 0.0269. The van der Waals surface area contributed by atoms with Crippen molar-refractivity contribution in [3.05, 3.63) is 68.1 Å². The summed E-state index contributed by atoms with van der Waals surface area (Å²) in [5.74, 6) is 0. The fourth-order valence-corrected chi connectivity index (χ4v) is 5.42. The number of unbranched alkanes of at least 4 members (excludes halogenated alkanes) is 1. The van der Waals surface area contributed by atoms with Crippen LogP contribution in [0.25, 0.3) is 27.6 Å². The second-order valence-corrected chi connectivity index (χ2v) is 11.0. The Morgan fingerprint density at radius 2 is 1.67 bits per heavy atom. The van der Waals surface area contributed by atoms with Gasteiger partial charge in [0.15, 0.2) is 5.01 Å². The second-order valence-electron chi connectivity index (χ2n) is 8.74. The minimum atomic E-state index is -0.0269. The van der Waals surface area contributed by atoms with E-state index in [1.807, 2.05) is 41.1 Å². The van der Waals surface area contributed by atoms with Gasteiger partial charge in [-0.05, 0) is 43.7 Å². The molecule has 2 aromatic heterocycles. The molecule has 4 aromatic rings. The zero-order valence-corrected chi connectivity index (χ0v) is 22.1. The maximum atomic E-state index is 6.58. The standard InChI is InChI=1S/C25H25Cl3N4S/c1-5-6-13-25(3,4)24-30-29-23(33-24)21-15(2)22(16-7-9-17(26)10-8-16)32(31-21)20-12-11-18(27)14-19(20)28/h7-12,14H,5-6,13H2,1-4H3. The highest BCUT2D eigenvalue weighted by molar-refractivity contribution is 7.14. The van der Waals surface area contributed by atoms with E-state index in [0.29, 0.717) is 15.1 Å². The van der Waals surface area contributed by atoms with Crippen LogP contribution in [-0.2, 0) is 5.41 Å². The number of hydrogen-bond acceptors (Lipinski definition) is 4. The largest absolute Gasteiger partial charge is 0.231 e. The molecular weight excluding hydrogens is 495 g/mol. The topological polar surface area (TPSA) is 43.6 Å². The van der Waals surface area contributed by atoms with E-state index in [9.17, 15) is 0 Å². The highest BCUT2D eigenvalue weighted by Gasteiger charge is 2.27. The molecule has 4 rings (SSSR count). The Morgan fingerprint density at radius 3 is 2.33 bits per heavy atom. The molecular formula is C25H25Cl3N4S. The number of halogens is 3. The molecule has 0 atom stereocenters. The summed E-state index contributed by atoms with van der Waals surface area (Å²) in [6.07, 6.45) is 3.39. The molecule has 0 saturated carbocycles. The van der Waals surface area contributed by atoms with Gasteiger partial charge in [0, 0.05) is 26.6 Å². The van der Waals surface area contributed by atoms with Crippen molar-refractivity contribution in [3.63, 3.8) is 0 Å². The van der Waals surface area contributed by atoms with Crippen molar-refractivity contribution >= 4 is 46.1 Å². The molecule has 0 fully saturated rings. The van der Waals surface area contributed by atoms with Crippen molar-refractivity contribution in [1.82, 2.24) is 20.0 Å². The quantitative estimate of drug-likeness (QED) is 0.245. The Balaban J connectivity index is 1.87. The zero-order valence-electron chi connectivity index (χ0n) is 19.0. The lowest BCUT2D eigenvalue weighted by molar-refractivity contribution is 0.452. The smallest absolute Gasteiger partial charge is 0.168 e. The predicted molar refractivity (Wildman–Crippen MR) is 140 cm³/mol. The van der Waals surface area contributed by atoms with Crippen LogP contribution in [0.15, 0.2) is 42.5 Å². The number of nitrogens with zero attached hydrogens (tertiary/aromatic N) is 4. The van der Waals surface area contributed by atoms with Gasteiger partial charge in [-0.15, -0.1) is 10.2 Å². The summed E-state index contributed by atoms with van der Waals surface area (Å²) in [6, 6.07) is 13.1. The monoisotopic (exact) mass is 518 g/mol.